The molecule has 6 heteroatoms. The lowest BCUT2D eigenvalue weighted by Crippen LogP contribution is -2.50. The monoisotopic (exact) mass is 375 g/mol. The molecule has 0 N–H and O–H groups in total. The van der Waals surface area contributed by atoms with Crippen molar-refractivity contribution in [1.29, 1.82) is 0 Å². The average molecular weight is 376 g/mol. The quantitative estimate of drug-likeness (QED) is 0.544. The number of Topliss-reactive ketones (excluding diaryl/α,β-unsaturated/α-hetero) is 2. The fourth-order valence-corrected chi connectivity index (χ4v) is 4.57. The predicted octanol–water partition coefficient (Wildman–Crippen LogP) is 1.97. The molecule has 3 fully saturated rings. The summed E-state index contributed by atoms with van der Waals surface area (Å²) in [7, 11) is 0. The molecule has 2 aliphatic carbocycles. The van der Waals surface area contributed by atoms with Gasteiger partial charge in [-0.25, -0.2) is 0 Å². The first-order valence-corrected chi connectivity index (χ1v) is 10.4. The van der Waals surface area contributed by atoms with E-state index in [-0.39, 0.29) is 22.9 Å². The summed E-state index contributed by atoms with van der Waals surface area (Å²) in [4.78, 5) is 45.5. The van der Waals surface area contributed by atoms with Crippen LogP contribution in [-0.2, 0) is 14.4 Å². The van der Waals surface area contributed by atoms with Gasteiger partial charge in [-0.15, -0.1) is 0 Å². The average Bonchev–Trinajstić information content (AvgIpc) is 3.14. The van der Waals surface area contributed by atoms with Crippen LogP contribution in [0.5, 0.6) is 0 Å². The van der Waals surface area contributed by atoms with Gasteiger partial charge in [-0.3, -0.25) is 24.3 Å². The van der Waals surface area contributed by atoms with Crippen molar-refractivity contribution >= 4 is 23.7 Å². The second-order valence-corrected chi connectivity index (χ2v) is 9.13. The molecule has 0 aromatic rings. The van der Waals surface area contributed by atoms with Crippen molar-refractivity contribution in [2.75, 3.05) is 39.3 Å². The molecule has 1 saturated heterocycles. The van der Waals surface area contributed by atoms with Crippen LogP contribution in [0.1, 0.15) is 52.4 Å². The molecule has 0 radical (unpaired) electrons. The summed E-state index contributed by atoms with van der Waals surface area (Å²) in [6.07, 6.45) is 6.97. The van der Waals surface area contributed by atoms with E-state index in [1.54, 1.807) is 6.21 Å². The molecule has 1 heterocycles. The highest BCUT2D eigenvalue weighted by Crippen LogP contribution is 2.33. The van der Waals surface area contributed by atoms with Gasteiger partial charge in [0.1, 0.15) is 17.5 Å². The largest absolute Gasteiger partial charge is 0.340 e. The third kappa shape index (κ3) is 5.24. The Balaban J connectivity index is 1.38. The minimum atomic E-state index is -0.640. The Hall–Kier alpha value is -1.56. The molecule has 0 spiro atoms. The van der Waals surface area contributed by atoms with Crippen molar-refractivity contribution in [3.63, 3.8) is 0 Å². The third-order valence-electron chi connectivity index (χ3n) is 6.19. The number of ketones is 2. The van der Waals surface area contributed by atoms with E-state index < -0.39 is 5.92 Å². The van der Waals surface area contributed by atoms with Crippen molar-refractivity contribution in [2.24, 2.45) is 22.2 Å². The van der Waals surface area contributed by atoms with Gasteiger partial charge in [-0.2, -0.15) is 0 Å². The first kappa shape index (κ1) is 20.2. The molecule has 0 unspecified atom stereocenters. The van der Waals surface area contributed by atoms with Crippen LogP contribution in [0.15, 0.2) is 4.99 Å². The SMILES string of the molecule is CC1(C)CC(=O)C(C=NCCN2CCN(C(=O)C3CCCC3)CC2)C(=O)C1. The topological polar surface area (TPSA) is 70.1 Å². The van der Waals surface area contributed by atoms with Crippen LogP contribution in [0.4, 0.5) is 0 Å². The van der Waals surface area contributed by atoms with E-state index in [1.807, 2.05) is 18.7 Å². The van der Waals surface area contributed by atoms with Crippen LogP contribution in [-0.4, -0.2) is 72.8 Å². The summed E-state index contributed by atoms with van der Waals surface area (Å²) in [6, 6.07) is 0. The van der Waals surface area contributed by atoms with E-state index in [9.17, 15) is 14.4 Å². The van der Waals surface area contributed by atoms with E-state index in [0.29, 0.717) is 25.3 Å². The van der Waals surface area contributed by atoms with Gasteiger partial charge in [-0.1, -0.05) is 26.7 Å². The normalized spacial score (nSPS) is 25.6. The van der Waals surface area contributed by atoms with E-state index >= 15 is 0 Å². The molecule has 150 valence electrons. The number of carbonyl (C=O) groups excluding carboxylic acids is 3. The maximum Gasteiger partial charge on any atom is 0.225 e. The van der Waals surface area contributed by atoms with Crippen LogP contribution < -0.4 is 0 Å². The molecule has 3 rings (SSSR count). The van der Waals surface area contributed by atoms with E-state index in [0.717, 1.165) is 45.6 Å². The zero-order chi connectivity index (χ0) is 19.4. The Bertz CT molecular complexity index is 580. The summed E-state index contributed by atoms with van der Waals surface area (Å²) in [5.74, 6) is -0.0314. The fraction of sp³-hybridized carbons (Fsp3) is 0.810. The Morgan fingerprint density at radius 3 is 2.26 bits per heavy atom. The second-order valence-electron chi connectivity index (χ2n) is 9.13. The number of aliphatic imine (C=N–C) groups is 1. The highest BCUT2D eigenvalue weighted by molar-refractivity contribution is 6.16. The van der Waals surface area contributed by atoms with E-state index in [4.69, 9.17) is 0 Å². The van der Waals surface area contributed by atoms with Crippen LogP contribution in [0.3, 0.4) is 0 Å². The van der Waals surface area contributed by atoms with Crippen molar-refractivity contribution in [3.8, 4) is 0 Å². The second kappa shape index (κ2) is 8.63. The number of carbonyl (C=O) groups is 3. The van der Waals surface area contributed by atoms with Crippen molar-refractivity contribution in [3.05, 3.63) is 0 Å². The highest BCUT2D eigenvalue weighted by Gasteiger charge is 2.38. The first-order chi connectivity index (χ1) is 12.9. The van der Waals surface area contributed by atoms with Gasteiger partial charge in [-0.05, 0) is 18.3 Å². The summed E-state index contributed by atoms with van der Waals surface area (Å²) < 4.78 is 0. The lowest BCUT2D eigenvalue weighted by Gasteiger charge is -2.35. The molecular formula is C21H33N3O3. The van der Waals surface area contributed by atoms with Gasteiger partial charge < -0.3 is 4.90 Å². The van der Waals surface area contributed by atoms with Crippen LogP contribution in [0.2, 0.25) is 0 Å². The number of rotatable bonds is 5. The minimum Gasteiger partial charge on any atom is -0.340 e. The smallest absolute Gasteiger partial charge is 0.225 e. The number of hydrogen-bond acceptors (Lipinski definition) is 5. The predicted molar refractivity (Wildman–Crippen MR) is 105 cm³/mol. The highest BCUT2D eigenvalue weighted by atomic mass is 16.2. The Morgan fingerprint density at radius 1 is 1.07 bits per heavy atom. The summed E-state index contributed by atoms with van der Waals surface area (Å²) in [6.45, 7) is 8.69. The standard InChI is InChI=1S/C21H33N3O3/c1-21(2)13-18(25)17(19(26)14-21)15-22-7-8-23-9-11-24(12-10-23)20(27)16-5-3-4-6-16/h15-17H,3-14H2,1-2H3. The lowest BCUT2D eigenvalue weighted by molar-refractivity contribution is -0.137. The Labute approximate surface area is 162 Å². The van der Waals surface area contributed by atoms with Crippen molar-refractivity contribution in [2.45, 2.75) is 52.4 Å². The van der Waals surface area contributed by atoms with Gasteiger partial charge in [0.05, 0.1) is 6.54 Å². The van der Waals surface area contributed by atoms with E-state index in [2.05, 4.69) is 9.89 Å². The number of piperazine rings is 1. The molecule has 0 aromatic carbocycles. The molecule has 3 aliphatic rings. The molecule has 6 nitrogen and oxygen atoms in total. The maximum atomic E-state index is 12.5. The first-order valence-electron chi connectivity index (χ1n) is 10.4. The van der Waals surface area contributed by atoms with E-state index in [1.165, 1.54) is 12.8 Å². The Morgan fingerprint density at radius 2 is 1.67 bits per heavy atom. The Kier molecular flexibility index (Phi) is 6.45. The molecule has 0 bridgehead atoms. The van der Waals surface area contributed by atoms with Gasteiger partial charge in [0, 0.05) is 57.7 Å². The fourth-order valence-electron chi connectivity index (χ4n) is 4.57. The molecule has 1 aliphatic heterocycles. The number of amides is 1. The van der Waals surface area contributed by atoms with Crippen LogP contribution in [0.25, 0.3) is 0 Å². The molecule has 0 atom stereocenters. The molecular weight excluding hydrogens is 342 g/mol. The number of hydrogen-bond donors (Lipinski definition) is 0. The minimum absolute atomic E-state index is 0.000889. The lowest BCUT2D eigenvalue weighted by atomic mass is 9.72. The van der Waals surface area contributed by atoms with Crippen LogP contribution >= 0.6 is 0 Å². The summed E-state index contributed by atoms with van der Waals surface area (Å²) in [5, 5.41) is 0. The van der Waals surface area contributed by atoms with Crippen LogP contribution in [0, 0.1) is 17.3 Å². The van der Waals surface area contributed by atoms with Gasteiger partial charge >= 0.3 is 0 Å². The zero-order valence-electron chi connectivity index (χ0n) is 16.8. The third-order valence-corrected chi connectivity index (χ3v) is 6.19. The van der Waals surface area contributed by atoms with Gasteiger partial charge in [0.2, 0.25) is 5.91 Å². The maximum absolute atomic E-state index is 12.5. The summed E-state index contributed by atoms with van der Waals surface area (Å²) >= 11 is 0. The molecule has 2 saturated carbocycles. The molecule has 0 aromatic heterocycles. The number of nitrogens with zero attached hydrogens (tertiary/aromatic N) is 3. The van der Waals surface area contributed by atoms with Gasteiger partial charge in [0.15, 0.2) is 0 Å². The van der Waals surface area contributed by atoms with Gasteiger partial charge in [0.25, 0.3) is 0 Å². The van der Waals surface area contributed by atoms with Crippen molar-refractivity contribution in [1.82, 2.24) is 9.80 Å². The summed E-state index contributed by atoms with van der Waals surface area (Å²) in [5.41, 5.74) is -0.214. The zero-order valence-corrected chi connectivity index (χ0v) is 16.8. The molecule has 1 amide bonds. The molecule has 27 heavy (non-hydrogen) atoms. The van der Waals surface area contributed by atoms with Crippen molar-refractivity contribution < 1.29 is 14.4 Å².